The Morgan fingerprint density at radius 2 is 1.62 bits per heavy atom. The molecule has 0 amide bonds. The fourth-order valence-corrected chi connectivity index (χ4v) is 2.26. The molecule has 0 aromatic heterocycles. The summed E-state index contributed by atoms with van der Waals surface area (Å²) in [4.78, 5) is 24.1. The highest BCUT2D eigenvalue weighted by atomic mass is 16.6. The number of esters is 1. The molecule has 126 valence electrons. The monoisotopic (exact) mass is 326 g/mol. The van der Waals surface area contributed by atoms with Gasteiger partial charge in [-0.2, -0.15) is 0 Å². The fourth-order valence-electron chi connectivity index (χ4n) is 2.26. The van der Waals surface area contributed by atoms with Gasteiger partial charge in [-0.25, -0.2) is 4.79 Å². The molecule has 0 atom stereocenters. The Bertz CT molecular complexity index is 810. The third-order valence-electron chi connectivity index (χ3n) is 3.38. The van der Waals surface area contributed by atoms with Crippen LogP contribution < -0.4 is 4.74 Å². The summed E-state index contributed by atoms with van der Waals surface area (Å²) in [5.74, 6) is -0.145. The maximum atomic E-state index is 12.2. The van der Waals surface area contributed by atoms with Gasteiger partial charge >= 0.3 is 5.97 Å². The number of carbonyl (C=O) groups is 2. The summed E-state index contributed by atoms with van der Waals surface area (Å²) in [6, 6.07) is 11.4. The molecule has 4 heteroatoms. The van der Waals surface area contributed by atoms with E-state index in [1.54, 1.807) is 34.0 Å². The topological polar surface area (TPSA) is 52.6 Å². The van der Waals surface area contributed by atoms with Gasteiger partial charge in [0.2, 0.25) is 0 Å². The van der Waals surface area contributed by atoms with Crippen LogP contribution >= 0.6 is 0 Å². The second-order valence-corrected chi connectivity index (χ2v) is 6.59. The number of methoxy groups -OCH3 is 1. The van der Waals surface area contributed by atoms with Gasteiger partial charge in [-0.05, 0) is 68.3 Å². The van der Waals surface area contributed by atoms with Gasteiger partial charge in [-0.15, -0.1) is 0 Å². The van der Waals surface area contributed by atoms with Crippen molar-refractivity contribution in [2.45, 2.75) is 33.3 Å². The minimum atomic E-state index is -0.647. The molecule has 0 aliphatic rings. The maximum absolute atomic E-state index is 12.2. The predicted molar refractivity (Wildman–Crippen MR) is 95.0 cm³/mol. The van der Waals surface area contributed by atoms with Crippen LogP contribution in [-0.2, 0) is 14.3 Å². The van der Waals surface area contributed by atoms with E-state index < -0.39 is 11.6 Å². The standard InChI is InChI=1S/C20H22O4/c1-13(21)18(19(22)24-20(2,3)4)11-14-6-7-16-12-17(23-5)9-8-15(16)10-14/h6-12H,1-5H3. The Hall–Kier alpha value is -2.62. The smallest absolute Gasteiger partial charge is 0.342 e. The van der Waals surface area contributed by atoms with Crippen molar-refractivity contribution in [2.75, 3.05) is 7.11 Å². The van der Waals surface area contributed by atoms with Crippen LogP contribution in [-0.4, -0.2) is 24.5 Å². The number of carbonyl (C=O) groups excluding carboxylic acids is 2. The van der Waals surface area contributed by atoms with E-state index in [4.69, 9.17) is 9.47 Å². The summed E-state index contributed by atoms with van der Waals surface area (Å²) >= 11 is 0. The van der Waals surface area contributed by atoms with Gasteiger partial charge < -0.3 is 9.47 Å². The van der Waals surface area contributed by atoms with Gasteiger partial charge in [0.15, 0.2) is 5.78 Å². The molecule has 2 aromatic rings. The predicted octanol–water partition coefficient (Wildman–Crippen LogP) is 4.16. The number of hydrogen-bond donors (Lipinski definition) is 0. The first-order chi connectivity index (χ1) is 11.2. The maximum Gasteiger partial charge on any atom is 0.342 e. The molecular weight excluding hydrogens is 304 g/mol. The molecule has 0 fully saturated rings. The van der Waals surface area contributed by atoms with Gasteiger partial charge in [0.1, 0.15) is 16.9 Å². The lowest BCUT2D eigenvalue weighted by molar-refractivity contribution is -0.150. The van der Waals surface area contributed by atoms with Gasteiger partial charge in [-0.1, -0.05) is 18.2 Å². The number of hydrogen-bond acceptors (Lipinski definition) is 4. The van der Waals surface area contributed by atoms with Crippen molar-refractivity contribution in [3.05, 3.63) is 47.5 Å². The average Bonchev–Trinajstić information content (AvgIpc) is 2.49. The van der Waals surface area contributed by atoms with Crippen LogP contribution in [0.2, 0.25) is 0 Å². The summed E-state index contributed by atoms with van der Waals surface area (Å²) < 4.78 is 10.5. The van der Waals surface area contributed by atoms with E-state index in [1.165, 1.54) is 6.92 Å². The second kappa shape index (κ2) is 6.87. The van der Waals surface area contributed by atoms with E-state index in [-0.39, 0.29) is 11.4 Å². The molecular formula is C20H22O4. The zero-order chi connectivity index (χ0) is 17.9. The number of rotatable bonds is 4. The molecule has 0 aliphatic carbocycles. The van der Waals surface area contributed by atoms with Crippen LogP contribution in [0.25, 0.3) is 16.8 Å². The van der Waals surface area contributed by atoms with E-state index in [1.807, 2.05) is 36.4 Å². The molecule has 0 saturated heterocycles. The summed E-state index contributed by atoms with van der Waals surface area (Å²) in [5.41, 5.74) is 0.160. The van der Waals surface area contributed by atoms with Gasteiger partial charge in [0.05, 0.1) is 7.11 Å². The average molecular weight is 326 g/mol. The minimum Gasteiger partial charge on any atom is -0.497 e. The quantitative estimate of drug-likeness (QED) is 0.366. The molecule has 0 spiro atoms. The van der Waals surface area contributed by atoms with Crippen molar-refractivity contribution in [1.29, 1.82) is 0 Å². The largest absolute Gasteiger partial charge is 0.497 e. The Morgan fingerprint density at radius 1 is 1.00 bits per heavy atom. The number of ether oxygens (including phenoxy) is 2. The Balaban J connectivity index is 2.40. The Kier molecular flexibility index (Phi) is 5.07. The zero-order valence-electron chi connectivity index (χ0n) is 14.7. The lowest BCUT2D eigenvalue weighted by Crippen LogP contribution is -2.26. The summed E-state index contributed by atoms with van der Waals surface area (Å²) in [6.45, 7) is 6.67. The van der Waals surface area contributed by atoms with E-state index in [2.05, 4.69) is 0 Å². The molecule has 0 radical (unpaired) electrons. The van der Waals surface area contributed by atoms with E-state index >= 15 is 0 Å². The van der Waals surface area contributed by atoms with Crippen LogP contribution in [0.5, 0.6) is 5.75 Å². The van der Waals surface area contributed by atoms with Crippen LogP contribution in [0.4, 0.5) is 0 Å². The molecule has 2 aromatic carbocycles. The molecule has 0 saturated carbocycles. The first kappa shape index (κ1) is 17.7. The molecule has 4 nitrogen and oxygen atoms in total. The normalized spacial score (nSPS) is 12.1. The molecule has 2 rings (SSSR count). The van der Waals surface area contributed by atoms with Crippen molar-refractivity contribution in [3.8, 4) is 5.75 Å². The summed E-state index contributed by atoms with van der Waals surface area (Å²) in [5, 5.41) is 2.02. The number of fused-ring (bicyclic) bond motifs is 1. The Morgan fingerprint density at radius 3 is 2.21 bits per heavy atom. The molecule has 0 N–H and O–H groups in total. The Labute approximate surface area is 142 Å². The fraction of sp³-hybridized carbons (Fsp3) is 0.300. The van der Waals surface area contributed by atoms with Crippen molar-refractivity contribution in [3.63, 3.8) is 0 Å². The van der Waals surface area contributed by atoms with Crippen LogP contribution in [0.1, 0.15) is 33.3 Å². The highest BCUT2D eigenvalue weighted by Crippen LogP contribution is 2.23. The van der Waals surface area contributed by atoms with Crippen molar-refractivity contribution in [1.82, 2.24) is 0 Å². The minimum absolute atomic E-state index is 0.0396. The number of ketones is 1. The van der Waals surface area contributed by atoms with Crippen LogP contribution in [0, 0.1) is 0 Å². The van der Waals surface area contributed by atoms with Gasteiger partial charge in [-0.3, -0.25) is 4.79 Å². The van der Waals surface area contributed by atoms with Gasteiger partial charge in [0.25, 0.3) is 0 Å². The molecule has 0 heterocycles. The molecule has 24 heavy (non-hydrogen) atoms. The van der Waals surface area contributed by atoms with E-state index in [9.17, 15) is 9.59 Å². The number of Topliss-reactive ketones (excluding diaryl/α,β-unsaturated/α-hetero) is 1. The van der Waals surface area contributed by atoms with Crippen molar-refractivity contribution < 1.29 is 19.1 Å². The number of benzene rings is 2. The van der Waals surface area contributed by atoms with E-state index in [0.717, 1.165) is 22.1 Å². The third kappa shape index (κ3) is 4.44. The lowest BCUT2D eigenvalue weighted by atomic mass is 10.0. The SMILES string of the molecule is COc1ccc2cc(C=C(C(C)=O)C(=O)OC(C)(C)C)ccc2c1. The highest BCUT2D eigenvalue weighted by molar-refractivity contribution is 6.20. The van der Waals surface area contributed by atoms with Crippen LogP contribution in [0.15, 0.2) is 42.0 Å². The van der Waals surface area contributed by atoms with Gasteiger partial charge in [0, 0.05) is 0 Å². The first-order valence-electron chi connectivity index (χ1n) is 7.73. The summed E-state index contributed by atoms with van der Waals surface area (Å²) in [7, 11) is 1.62. The van der Waals surface area contributed by atoms with Crippen molar-refractivity contribution >= 4 is 28.6 Å². The lowest BCUT2D eigenvalue weighted by Gasteiger charge is -2.20. The first-order valence-corrected chi connectivity index (χ1v) is 7.73. The van der Waals surface area contributed by atoms with Crippen LogP contribution in [0.3, 0.4) is 0 Å². The van der Waals surface area contributed by atoms with Crippen molar-refractivity contribution in [2.24, 2.45) is 0 Å². The summed E-state index contributed by atoms with van der Waals surface area (Å²) in [6.07, 6.45) is 1.57. The molecule has 0 unspecified atom stereocenters. The second-order valence-electron chi connectivity index (χ2n) is 6.59. The highest BCUT2D eigenvalue weighted by Gasteiger charge is 2.22. The molecule has 0 bridgehead atoms. The third-order valence-corrected chi connectivity index (χ3v) is 3.38. The van der Waals surface area contributed by atoms with E-state index in [0.29, 0.717) is 0 Å². The molecule has 0 aliphatic heterocycles. The zero-order valence-corrected chi connectivity index (χ0v) is 14.7.